The first-order chi connectivity index (χ1) is 20.4. The third-order valence-corrected chi connectivity index (χ3v) is 7.81. The average Bonchev–Trinajstić information content (AvgIpc) is 2.97. The Kier molecular flexibility index (Phi) is 9.59. The monoisotopic (exact) mass is 599 g/mol. The minimum absolute atomic E-state index is 0.0724. The molecule has 1 unspecified atom stereocenters. The van der Waals surface area contributed by atoms with E-state index in [1.807, 2.05) is 24.8 Å². The van der Waals surface area contributed by atoms with Gasteiger partial charge in [-0.15, -0.1) is 0 Å². The Morgan fingerprint density at radius 3 is 2.35 bits per heavy atom. The van der Waals surface area contributed by atoms with E-state index >= 15 is 0 Å². The van der Waals surface area contributed by atoms with Gasteiger partial charge in [0, 0.05) is 38.3 Å². The number of amides is 1. The molecular weight excluding hydrogens is 563 g/mol. The minimum Gasteiger partial charge on any atom is -0.448 e. The predicted molar refractivity (Wildman–Crippen MR) is 156 cm³/mol. The molecular formula is C30H36F3N7O3. The lowest BCUT2D eigenvalue weighted by molar-refractivity contribution is -0.137. The first kappa shape index (κ1) is 31.7. The predicted octanol–water partition coefficient (Wildman–Crippen LogP) is 4.77. The maximum atomic E-state index is 13.3. The van der Waals surface area contributed by atoms with Crippen LogP contribution < -0.4 is 15.9 Å². The van der Waals surface area contributed by atoms with Crippen LogP contribution in [0.15, 0.2) is 41.2 Å². The fourth-order valence-electron chi connectivity index (χ4n) is 5.51. The van der Waals surface area contributed by atoms with Crippen LogP contribution in [0.4, 0.5) is 23.8 Å². The smallest absolute Gasteiger partial charge is 0.416 e. The van der Waals surface area contributed by atoms with Gasteiger partial charge in [0.15, 0.2) is 5.82 Å². The van der Waals surface area contributed by atoms with Crippen molar-refractivity contribution in [3.8, 4) is 6.07 Å². The molecule has 4 rings (SSSR count). The first-order valence-electron chi connectivity index (χ1n) is 14.3. The topological polar surface area (TPSA) is 116 Å². The molecule has 1 N–H and O–H groups in total. The first-order valence-corrected chi connectivity index (χ1v) is 14.3. The summed E-state index contributed by atoms with van der Waals surface area (Å²) < 4.78 is 47.0. The number of aromatic nitrogens is 3. The number of pyridine rings is 1. The van der Waals surface area contributed by atoms with Crippen LogP contribution >= 0.6 is 0 Å². The quantitative estimate of drug-likeness (QED) is 0.394. The van der Waals surface area contributed by atoms with Crippen molar-refractivity contribution in [2.75, 3.05) is 24.6 Å². The Bertz CT molecular complexity index is 1550. The highest BCUT2D eigenvalue weighted by atomic mass is 19.4. The molecule has 2 aromatic heterocycles. The van der Waals surface area contributed by atoms with E-state index in [1.165, 1.54) is 16.7 Å². The van der Waals surface area contributed by atoms with Crippen molar-refractivity contribution in [2.24, 2.45) is 7.05 Å². The van der Waals surface area contributed by atoms with E-state index in [0.717, 1.165) is 12.1 Å². The molecule has 1 fully saturated rings. The summed E-state index contributed by atoms with van der Waals surface area (Å²) in [7, 11) is 1.60. The van der Waals surface area contributed by atoms with E-state index in [9.17, 15) is 28.0 Å². The number of aryl methyl sites for hydroxylation is 1. The van der Waals surface area contributed by atoms with E-state index in [0.29, 0.717) is 48.3 Å². The standard InChI is InChI=1S/C30H36F3N7O3/c1-6-22-16-40(27-26-24(38(5)28(41)37-27)13-12-21(14-34)36-26)23(7-2)15-39(22)25(17-43-29(42)35-18(3)4)19-8-10-20(11-9-19)30(31,32)33/h8-13,18,22-23,25H,6-7,15-17H2,1-5H3,(H,35,42)/t22-,23+,25?/m1/s1. The zero-order valence-electron chi connectivity index (χ0n) is 24.9. The summed E-state index contributed by atoms with van der Waals surface area (Å²) in [5.41, 5.74) is 0.565. The number of carbonyl (C=O) groups excluding carboxylic acids is 1. The van der Waals surface area contributed by atoms with Crippen molar-refractivity contribution < 1.29 is 22.7 Å². The van der Waals surface area contributed by atoms with Crippen molar-refractivity contribution in [1.82, 2.24) is 24.8 Å². The van der Waals surface area contributed by atoms with Gasteiger partial charge in [0.2, 0.25) is 0 Å². The number of nitrogens with zero attached hydrogens (tertiary/aromatic N) is 6. The number of benzene rings is 1. The Morgan fingerprint density at radius 2 is 1.77 bits per heavy atom. The molecule has 230 valence electrons. The number of alkyl carbamates (subject to hydrolysis) is 1. The second kappa shape index (κ2) is 13.0. The number of carbonyl (C=O) groups is 1. The second-order valence-electron chi connectivity index (χ2n) is 11.0. The number of nitrogens with one attached hydrogen (secondary N) is 1. The number of ether oxygens (including phenoxy) is 1. The molecule has 3 aromatic rings. The highest BCUT2D eigenvalue weighted by molar-refractivity contribution is 5.86. The number of nitriles is 1. The average molecular weight is 600 g/mol. The van der Waals surface area contributed by atoms with Gasteiger partial charge in [-0.2, -0.15) is 23.4 Å². The van der Waals surface area contributed by atoms with Crippen LogP contribution in [0, 0.1) is 11.3 Å². The zero-order chi connectivity index (χ0) is 31.5. The number of fused-ring (bicyclic) bond motifs is 1. The SMILES string of the molecule is CC[C@H]1CN(C(COC(=O)NC(C)C)c2ccc(C(F)(F)F)cc2)[C@H](CC)CN1c1nc(=O)n(C)c2ccc(C#N)nc12. The third kappa shape index (κ3) is 6.91. The lowest BCUT2D eigenvalue weighted by Gasteiger charge is -2.49. The summed E-state index contributed by atoms with van der Waals surface area (Å²) in [5.74, 6) is 0.388. The summed E-state index contributed by atoms with van der Waals surface area (Å²) in [6.07, 6.45) is -3.78. The Balaban J connectivity index is 1.74. The summed E-state index contributed by atoms with van der Waals surface area (Å²) >= 11 is 0. The molecule has 3 heterocycles. The van der Waals surface area contributed by atoms with Crippen LogP contribution in [0.2, 0.25) is 0 Å². The van der Waals surface area contributed by atoms with Gasteiger partial charge in [-0.25, -0.2) is 14.6 Å². The van der Waals surface area contributed by atoms with Crippen molar-refractivity contribution in [3.63, 3.8) is 0 Å². The van der Waals surface area contributed by atoms with Crippen molar-refractivity contribution in [2.45, 2.75) is 70.9 Å². The van der Waals surface area contributed by atoms with Crippen LogP contribution in [0.3, 0.4) is 0 Å². The lowest BCUT2D eigenvalue weighted by Crippen LogP contribution is -2.60. The largest absolute Gasteiger partial charge is 0.448 e. The van der Waals surface area contributed by atoms with Gasteiger partial charge in [0.25, 0.3) is 0 Å². The Morgan fingerprint density at radius 1 is 1.09 bits per heavy atom. The number of anilines is 1. The molecule has 1 aliphatic heterocycles. The molecule has 0 spiro atoms. The number of piperazine rings is 1. The van der Waals surface area contributed by atoms with Gasteiger partial charge < -0.3 is 15.0 Å². The van der Waals surface area contributed by atoms with E-state index in [4.69, 9.17) is 4.74 Å². The molecule has 1 aliphatic rings. The number of hydrogen-bond donors (Lipinski definition) is 1. The summed E-state index contributed by atoms with van der Waals surface area (Å²) in [4.78, 5) is 38.4. The van der Waals surface area contributed by atoms with Gasteiger partial charge >= 0.3 is 18.0 Å². The molecule has 0 aliphatic carbocycles. The van der Waals surface area contributed by atoms with Crippen LogP contribution in [0.25, 0.3) is 11.0 Å². The highest BCUT2D eigenvalue weighted by Gasteiger charge is 2.39. The molecule has 0 bridgehead atoms. The summed E-state index contributed by atoms with van der Waals surface area (Å²) in [5, 5.41) is 12.2. The van der Waals surface area contributed by atoms with Crippen LogP contribution in [0.1, 0.15) is 63.4 Å². The molecule has 10 nitrogen and oxygen atoms in total. The van der Waals surface area contributed by atoms with Gasteiger partial charge in [-0.3, -0.25) is 9.47 Å². The van der Waals surface area contributed by atoms with Crippen molar-refractivity contribution in [1.29, 1.82) is 5.26 Å². The second-order valence-corrected chi connectivity index (χ2v) is 11.0. The fraction of sp³-hybridized carbons (Fsp3) is 0.500. The minimum atomic E-state index is -4.48. The number of rotatable bonds is 8. The van der Waals surface area contributed by atoms with Crippen LogP contribution in [0.5, 0.6) is 0 Å². The number of halogens is 3. The van der Waals surface area contributed by atoms with E-state index in [2.05, 4.69) is 20.2 Å². The normalized spacial score (nSPS) is 18.5. The van der Waals surface area contributed by atoms with Gasteiger partial charge in [0.05, 0.1) is 17.1 Å². The fourth-order valence-corrected chi connectivity index (χ4v) is 5.51. The zero-order valence-corrected chi connectivity index (χ0v) is 24.9. The maximum absolute atomic E-state index is 13.3. The van der Waals surface area contributed by atoms with Crippen LogP contribution in [-0.4, -0.2) is 63.4 Å². The van der Waals surface area contributed by atoms with Gasteiger partial charge in [-0.05, 0) is 56.5 Å². The highest BCUT2D eigenvalue weighted by Crippen LogP contribution is 2.35. The number of hydrogen-bond acceptors (Lipinski definition) is 8. The summed E-state index contributed by atoms with van der Waals surface area (Å²) in [6, 6.07) is 9.24. The van der Waals surface area contributed by atoms with Gasteiger partial charge in [0.1, 0.15) is 23.9 Å². The molecule has 1 aromatic carbocycles. The Hall–Kier alpha value is -4.18. The summed E-state index contributed by atoms with van der Waals surface area (Å²) in [6.45, 7) is 8.41. The molecule has 43 heavy (non-hydrogen) atoms. The molecule has 1 amide bonds. The van der Waals surface area contributed by atoms with E-state index < -0.39 is 29.6 Å². The number of alkyl halides is 3. The molecule has 1 saturated heterocycles. The lowest BCUT2D eigenvalue weighted by atomic mass is 9.96. The Labute approximate surface area is 248 Å². The molecule has 13 heteroatoms. The molecule has 3 atom stereocenters. The third-order valence-electron chi connectivity index (χ3n) is 7.81. The molecule has 0 radical (unpaired) electrons. The van der Waals surface area contributed by atoms with Crippen molar-refractivity contribution >= 4 is 22.9 Å². The van der Waals surface area contributed by atoms with Crippen molar-refractivity contribution in [3.05, 3.63) is 63.7 Å². The van der Waals surface area contributed by atoms with E-state index in [1.54, 1.807) is 33.0 Å². The van der Waals surface area contributed by atoms with E-state index in [-0.39, 0.29) is 30.4 Å². The van der Waals surface area contributed by atoms with Crippen LogP contribution in [-0.2, 0) is 18.0 Å². The molecule has 0 saturated carbocycles. The van der Waals surface area contributed by atoms with Gasteiger partial charge in [-0.1, -0.05) is 26.0 Å². The maximum Gasteiger partial charge on any atom is 0.416 e.